The molecule has 0 fully saturated rings. The Bertz CT molecular complexity index is 130. The minimum Gasteiger partial charge on any atom is -0.468 e. The number of carbonyl (C=O) groups excluding carboxylic acids is 2. The Hall–Kier alpha value is -0.940. The van der Waals surface area contributed by atoms with Crippen LogP contribution in [0.5, 0.6) is 0 Å². The maximum atomic E-state index is 10.6. The molecule has 0 saturated carbocycles. The van der Waals surface area contributed by atoms with Crippen LogP contribution in [0.4, 0.5) is 0 Å². The average molecular weight is 146 g/mol. The lowest BCUT2D eigenvalue weighted by Gasteiger charge is -2.04. The van der Waals surface area contributed by atoms with E-state index in [1.807, 2.05) is 0 Å². The molecule has 0 saturated heterocycles. The van der Waals surface area contributed by atoms with Crippen molar-refractivity contribution in [3.63, 3.8) is 0 Å². The third-order valence-electron chi connectivity index (χ3n) is 1.00. The molecular weight excluding hydrogens is 136 g/mol. The first-order chi connectivity index (χ1) is 4.63. The number of carbonyl (C=O) groups is 2. The Labute approximate surface area is 58.3 Å². The van der Waals surface area contributed by atoms with Gasteiger partial charge in [-0.3, -0.25) is 4.79 Å². The van der Waals surface area contributed by atoms with E-state index in [2.05, 4.69) is 4.74 Å². The zero-order chi connectivity index (χ0) is 8.15. The lowest BCUT2D eigenvalue weighted by Crippen LogP contribution is -2.42. The molecule has 5 heteroatoms. The zero-order valence-electron chi connectivity index (χ0n) is 5.66. The summed E-state index contributed by atoms with van der Waals surface area (Å²) in [6, 6.07) is -1.23. The van der Waals surface area contributed by atoms with Crippen LogP contribution in [-0.4, -0.2) is 31.4 Å². The molecule has 58 valence electrons. The second-order valence-electron chi connectivity index (χ2n) is 1.67. The monoisotopic (exact) mass is 146 g/mol. The number of hydrogen-bond acceptors (Lipinski definition) is 5. The van der Waals surface area contributed by atoms with Crippen molar-refractivity contribution in [1.29, 1.82) is 0 Å². The Morgan fingerprint density at radius 3 is 2.40 bits per heavy atom. The lowest BCUT2D eigenvalue weighted by atomic mass is 10.2. The smallest absolute Gasteiger partial charge is 0.330 e. The van der Waals surface area contributed by atoms with E-state index >= 15 is 0 Å². The van der Waals surface area contributed by atoms with Crippen molar-refractivity contribution in [3.05, 3.63) is 0 Å². The van der Waals surface area contributed by atoms with Gasteiger partial charge < -0.3 is 16.2 Å². The minimum atomic E-state index is -1.23. The van der Waals surface area contributed by atoms with E-state index in [0.717, 1.165) is 7.11 Å². The van der Waals surface area contributed by atoms with E-state index < -0.39 is 17.8 Å². The number of ether oxygens (including phenoxy) is 1. The first kappa shape index (κ1) is 9.06. The molecule has 0 heterocycles. The molecule has 0 aromatic heterocycles. The van der Waals surface area contributed by atoms with Gasteiger partial charge >= 0.3 is 5.97 Å². The molecule has 0 aliphatic heterocycles. The van der Waals surface area contributed by atoms with Crippen LogP contribution in [0.3, 0.4) is 0 Å². The Kier molecular flexibility index (Phi) is 3.60. The van der Waals surface area contributed by atoms with E-state index in [-0.39, 0.29) is 6.54 Å². The number of nitrogens with two attached hydrogens (primary N) is 2. The fraction of sp³-hybridized carbons (Fsp3) is 0.600. The predicted octanol–water partition coefficient (Wildman–Crippen LogP) is -1.99. The van der Waals surface area contributed by atoms with Crippen molar-refractivity contribution < 1.29 is 14.3 Å². The molecule has 0 aromatic carbocycles. The summed E-state index contributed by atoms with van der Waals surface area (Å²) in [5.41, 5.74) is 10.0. The van der Waals surface area contributed by atoms with Crippen LogP contribution in [-0.2, 0) is 14.3 Å². The van der Waals surface area contributed by atoms with Crippen molar-refractivity contribution in [1.82, 2.24) is 0 Å². The number of hydrogen-bond donors (Lipinski definition) is 2. The number of methoxy groups -OCH3 is 1. The van der Waals surface area contributed by atoms with Gasteiger partial charge in [0, 0.05) is 0 Å². The molecule has 0 aliphatic rings. The van der Waals surface area contributed by atoms with Crippen molar-refractivity contribution in [3.8, 4) is 0 Å². The van der Waals surface area contributed by atoms with Crippen molar-refractivity contribution in [2.24, 2.45) is 11.5 Å². The molecule has 0 aliphatic carbocycles. The van der Waals surface area contributed by atoms with Gasteiger partial charge in [0.15, 0.2) is 11.8 Å². The number of Topliss-reactive ketones (excluding diaryl/α,β-unsaturated/α-hetero) is 1. The van der Waals surface area contributed by atoms with Gasteiger partial charge in [0.2, 0.25) is 0 Å². The number of esters is 1. The van der Waals surface area contributed by atoms with E-state index in [0.29, 0.717) is 0 Å². The maximum Gasteiger partial charge on any atom is 0.330 e. The second kappa shape index (κ2) is 3.97. The standard InChI is InChI=1S/C5H10N2O3/c1-10-5(9)4(7)3(8)2-6/h4H,2,6-7H2,1H3. The van der Waals surface area contributed by atoms with Gasteiger partial charge in [-0.1, -0.05) is 0 Å². The molecular formula is C5H10N2O3. The Balaban J connectivity index is 3.94. The molecule has 10 heavy (non-hydrogen) atoms. The van der Waals surface area contributed by atoms with Crippen molar-refractivity contribution >= 4 is 11.8 Å². The Morgan fingerprint density at radius 2 is 2.10 bits per heavy atom. The summed E-state index contributed by atoms with van der Waals surface area (Å²) < 4.78 is 4.19. The van der Waals surface area contributed by atoms with E-state index in [1.165, 1.54) is 0 Å². The largest absolute Gasteiger partial charge is 0.468 e. The van der Waals surface area contributed by atoms with Gasteiger partial charge in [0.25, 0.3) is 0 Å². The topological polar surface area (TPSA) is 95.4 Å². The predicted molar refractivity (Wildman–Crippen MR) is 34.1 cm³/mol. The molecule has 0 spiro atoms. The van der Waals surface area contributed by atoms with Gasteiger partial charge in [-0.2, -0.15) is 0 Å². The van der Waals surface area contributed by atoms with E-state index in [1.54, 1.807) is 0 Å². The van der Waals surface area contributed by atoms with Crippen LogP contribution < -0.4 is 11.5 Å². The maximum absolute atomic E-state index is 10.6. The van der Waals surface area contributed by atoms with E-state index in [4.69, 9.17) is 11.5 Å². The van der Waals surface area contributed by atoms with Gasteiger partial charge in [-0.05, 0) is 0 Å². The van der Waals surface area contributed by atoms with Crippen LogP contribution in [0.15, 0.2) is 0 Å². The highest BCUT2D eigenvalue weighted by Gasteiger charge is 2.20. The third kappa shape index (κ3) is 2.12. The molecule has 1 unspecified atom stereocenters. The van der Waals surface area contributed by atoms with Crippen LogP contribution in [0.2, 0.25) is 0 Å². The fourth-order valence-electron chi connectivity index (χ4n) is 0.385. The number of rotatable bonds is 3. The Morgan fingerprint density at radius 1 is 1.60 bits per heavy atom. The highest BCUT2D eigenvalue weighted by Crippen LogP contribution is 1.83. The molecule has 5 nitrogen and oxygen atoms in total. The molecule has 4 N–H and O–H groups in total. The third-order valence-corrected chi connectivity index (χ3v) is 1.00. The van der Waals surface area contributed by atoms with Gasteiger partial charge in [0.1, 0.15) is 0 Å². The normalized spacial score (nSPS) is 12.3. The highest BCUT2D eigenvalue weighted by molar-refractivity contribution is 6.03. The van der Waals surface area contributed by atoms with Gasteiger partial charge in [-0.25, -0.2) is 4.79 Å². The van der Waals surface area contributed by atoms with Crippen LogP contribution in [0.1, 0.15) is 0 Å². The summed E-state index contributed by atoms with van der Waals surface area (Å²) in [4.78, 5) is 21.0. The summed E-state index contributed by atoms with van der Waals surface area (Å²) in [6.45, 7) is -0.240. The summed E-state index contributed by atoms with van der Waals surface area (Å²) >= 11 is 0. The highest BCUT2D eigenvalue weighted by atomic mass is 16.5. The van der Waals surface area contributed by atoms with Crippen LogP contribution in [0, 0.1) is 0 Å². The van der Waals surface area contributed by atoms with E-state index in [9.17, 15) is 9.59 Å². The minimum absolute atomic E-state index is 0.240. The summed E-state index contributed by atoms with van der Waals surface area (Å²) in [6.07, 6.45) is 0. The lowest BCUT2D eigenvalue weighted by molar-refractivity contribution is -0.145. The summed E-state index contributed by atoms with van der Waals surface area (Å²) in [7, 11) is 1.16. The van der Waals surface area contributed by atoms with Crippen molar-refractivity contribution in [2.75, 3.05) is 13.7 Å². The average Bonchev–Trinajstić information content (AvgIpc) is 2.00. The molecule has 0 radical (unpaired) electrons. The molecule has 0 amide bonds. The van der Waals surface area contributed by atoms with Crippen molar-refractivity contribution in [2.45, 2.75) is 6.04 Å². The first-order valence-electron chi connectivity index (χ1n) is 2.69. The van der Waals surface area contributed by atoms with Crippen LogP contribution in [0.25, 0.3) is 0 Å². The summed E-state index contributed by atoms with van der Waals surface area (Å²) in [5.74, 6) is -1.28. The molecule has 0 rings (SSSR count). The first-order valence-corrected chi connectivity index (χ1v) is 2.69. The molecule has 0 bridgehead atoms. The quantitative estimate of drug-likeness (QED) is 0.355. The van der Waals surface area contributed by atoms with Gasteiger partial charge in [-0.15, -0.1) is 0 Å². The fourth-order valence-corrected chi connectivity index (χ4v) is 0.385. The zero-order valence-corrected chi connectivity index (χ0v) is 5.66. The molecule has 1 atom stereocenters. The SMILES string of the molecule is COC(=O)C(N)C(=O)CN. The van der Waals surface area contributed by atoms with Crippen LogP contribution >= 0.6 is 0 Å². The second-order valence-corrected chi connectivity index (χ2v) is 1.67. The molecule has 0 aromatic rings. The number of ketones is 1. The summed E-state index contributed by atoms with van der Waals surface area (Å²) in [5, 5.41) is 0. The van der Waals surface area contributed by atoms with Gasteiger partial charge in [0.05, 0.1) is 13.7 Å².